The van der Waals surface area contributed by atoms with E-state index in [0.717, 1.165) is 11.1 Å². The van der Waals surface area contributed by atoms with Crippen molar-refractivity contribution in [2.75, 3.05) is 14.2 Å². The fourth-order valence-corrected chi connectivity index (χ4v) is 1.51. The first kappa shape index (κ1) is 11.7. The van der Waals surface area contributed by atoms with Gasteiger partial charge >= 0.3 is 5.97 Å². The third-order valence-electron chi connectivity index (χ3n) is 2.20. The number of hydrogen-bond donors (Lipinski definition) is 2. The highest BCUT2D eigenvalue weighted by atomic mass is 16.5. The van der Waals surface area contributed by atoms with Gasteiger partial charge in [0.1, 0.15) is 6.04 Å². The number of aliphatic carboxylic acids is 1. The maximum atomic E-state index is 11.0. The first-order chi connectivity index (χ1) is 7.20. The molecule has 0 saturated carbocycles. The molecule has 0 aromatic heterocycles. The Balaban J connectivity index is 3.04. The highest BCUT2D eigenvalue weighted by Crippen LogP contribution is 2.18. The molecule has 0 fully saturated rings. The number of carboxylic acids is 1. The molecule has 1 atom stereocenters. The van der Waals surface area contributed by atoms with E-state index in [1.807, 2.05) is 18.2 Å². The second-order valence-electron chi connectivity index (χ2n) is 3.19. The van der Waals surface area contributed by atoms with Crippen molar-refractivity contribution in [3.05, 3.63) is 35.4 Å². The Hall–Kier alpha value is -1.39. The molecule has 0 bridgehead atoms. The summed E-state index contributed by atoms with van der Waals surface area (Å²) in [6.45, 7) is 0.418. The molecule has 0 aliphatic rings. The smallest absolute Gasteiger partial charge is 0.325 e. The molecule has 0 aliphatic heterocycles. The lowest BCUT2D eigenvalue weighted by Crippen LogP contribution is -2.26. The predicted molar refractivity (Wildman–Crippen MR) is 56.6 cm³/mol. The van der Waals surface area contributed by atoms with Crippen LogP contribution < -0.4 is 5.32 Å². The molecule has 0 aliphatic carbocycles. The topological polar surface area (TPSA) is 58.6 Å². The summed E-state index contributed by atoms with van der Waals surface area (Å²) in [6, 6.07) is 6.67. The summed E-state index contributed by atoms with van der Waals surface area (Å²) in [4.78, 5) is 11.0. The van der Waals surface area contributed by atoms with Gasteiger partial charge in [-0.25, -0.2) is 0 Å². The normalized spacial score (nSPS) is 12.4. The molecular formula is C11H15NO3. The van der Waals surface area contributed by atoms with Crippen LogP contribution in [0.4, 0.5) is 0 Å². The number of rotatable bonds is 5. The number of benzene rings is 1. The van der Waals surface area contributed by atoms with E-state index >= 15 is 0 Å². The van der Waals surface area contributed by atoms with Gasteiger partial charge in [-0.3, -0.25) is 4.79 Å². The van der Waals surface area contributed by atoms with Gasteiger partial charge in [0.25, 0.3) is 0 Å². The number of carboxylic acid groups (broad SMARTS) is 1. The number of ether oxygens (including phenoxy) is 1. The third-order valence-corrected chi connectivity index (χ3v) is 2.20. The third kappa shape index (κ3) is 2.78. The van der Waals surface area contributed by atoms with E-state index in [9.17, 15) is 4.79 Å². The van der Waals surface area contributed by atoms with E-state index < -0.39 is 12.0 Å². The highest BCUT2D eigenvalue weighted by molar-refractivity contribution is 5.76. The van der Waals surface area contributed by atoms with Gasteiger partial charge in [0, 0.05) is 7.11 Å². The predicted octanol–water partition coefficient (Wildman–Crippen LogP) is 1.18. The molecular weight excluding hydrogens is 194 g/mol. The van der Waals surface area contributed by atoms with Crippen LogP contribution in [0.2, 0.25) is 0 Å². The van der Waals surface area contributed by atoms with Crippen LogP contribution in [0.5, 0.6) is 0 Å². The monoisotopic (exact) mass is 209 g/mol. The Morgan fingerprint density at radius 2 is 2.20 bits per heavy atom. The lowest BCUT2D eigenvalue weighted by Gasteiger charge is -2.15. The molecule has 0 heterocycles. The first-order valence-electron chi connectivity index (χ1n) is 4.67. The van der Waals surface area contributed by atoms with Crippen LogP contribution in [0.1, 0.15) is 17.2 Å². The number of hydrogen-bond acceptors (Lipinski definition) is 3. The van der Waals surface area contributed by atoms with Crippen LogP contribution in [-0.4, -0.2) is 25.2 Å². The van der Waals surface area contributed by atoms with Gasteiger partial charge < -0.3 is 15.2 Å². The largest absolute Gasteiger partial charge is 0.480 e. The second kappa shape index (κ2) is 5.48. The lowest BCUT2D eigenvalue weighted by atomic mass is 10.0. The zero-order valence-corrected chi connectivity index (χ0v) is 8.86. The van der Waals surface area contributed by atoms with Gasteiger partial charge in [0.2, 0.25) is 0 Å². The van der Waals surface area contributed by atoms with Crippen LogP contribution in [-0.2, 0) is 16.1 Å². The van der Waals surface area contributed by atoms with Gasteiger partial charge in [-0.05, 0) is 18.2 Å². The SMILES string of the molecule is CNC(C(=O)O)c1ccccc1COC. The quantitative estimate of drug-likeness (QED) is 0.764. The molecule has 1 unspecified atom stereocenters. The molecule has 82 valence electrons. The minimum atomic E-state index is -0.888. The Bertz CT molecular complexity index is 338. The summed E-state index contributed by atoms with van der Waals surface area (Å²) < 4.78 is 5.02. The average Bonchev–Trinajstić information content (AvgIpc) is 2.21. The number of methoxy groups -OCH3 is 1. The molecule has 0 radical (unpaired) electrons. The summed E-state index contributed by atoms with van der Waals surface area (Å²) in [7, 11) is 3.22. The summed E-state index contributed by atoms with van der Waals surface area (Å²) in [5.74, 6) is -0.888. The van der Waals surface area contributed by atoms with Crippen LogP contribution in [0.25, 0.3) is 0 Å². The molecule has 0 saturated heterocycles. The molecule has 0 amide bonds. The molecule has 4 heteroatoms. The van der Waals surface area contributed by atoms with Gasteiger partial charge in [0.05, 0.1) is 6.61 Å². The van der Waals surface area contributed by atoms with Crippen molar-refractivity contribution in [1.29, 1.82) is 0 Å². The van der Waals surface area contributed by atoms with Crippen molar-refractivity contribution >= 4 is 5.97 Å². The van der Waals surface area contributed by atoms with Crippen molar-refractivity contribution in [3.63, 3.8) is 0 Å². The molecule has 1 aromatic carbocycles. The fourth-order valence-electron chi connectivity index (χ4n) is 1.51. The standard InChI is InChI=1S/C11H15NO3/c1-12-10(11(13)14)9-6-4-3-5-8(9)7-15-2/h3-6,10,12H,7H2,1-2H3,(H,13,14). The van der Waals surface area contributed by atoms with Crippen LogP contribution in [0, 0.1) is 0 Å². The van der Waals surface area contributed by atoms with E-state index in [1.165, 1.54) is 0 Å². The van der Waals surface area contributed by atoms with Crippen molar-refractivity contribution in [1.82, 2.24) is 5.32 Å². The van der Waals surface area contributed by atoms with Crippen molar-refractivity contribution in [2.45, 2.75) is 12.6 Å². The zero-order chi connectivity index (χ0) is 11.3. The van der Waals surface area contributed by atoms with Gasteiger partial charge in [0.15, 0.2) is 0 Å². The Morgan fingerprint density at radius 1 is 1.53 bits per heavy atom. The fraction of sp³-hybridized carbons (Fsp3) is 0.364. The van der Waals surface area contributed by atoms with Gasteiger partial charge in [-0.15, -0.1) is 0 Å². The van der Waals surface area contributed by atoms with E-state index in [0.29, 0.717) is 6.61 Å². The zero-order valence-electron chi connectivity index (χ0n) is 8.86. The number of nitrogens with one attached hydrogen (secondary N) is 1. The molecule has 0 spiro atoms. The van der Waals surface area contributed by atoms with Gasteiger partial charge in [-0.1, -0.05) is 24.3 Å². The molecule has 15 heavy (non-hydrogen) atoms. The van der Waals surface area contributed by atoms with E-state index in [4.69, 9.17) is 9.84 Å². The summed E-state index contributed by atoms with van der Waals surface area (Å²) >= 11 is 0. The summed E-state index contributed by atoms with van der Waals surface area (Å²) in [5.41, 5.74) is 1.64. The minimum Gasteiger partial charge on any atom is -0.480 e. The number of likely N-dealkylation sites (N-methyl/N-ethyl adjacent to an activating group) is 1. The molecule has 1 aromatic rings. The maximum Gasteiger partial charge on any atom is 0.325 e. The van der Waals surface area contributed by atoms with E-state index in [-0.39, 0.29) is 0 Å². The maximum absolute atomic E-state index is 11.0. The Kier molecular flexibility index (Phi) is 4.27. The van der Waals surface area contributed by atoms with E-state index in [2.05, 4.69) is 5.32 Å². The summed E-state index contributed by atoms with van der Waals surface area (Å²) in [5, 5.41) is 11.8. The van der Waals surface area contributed by atoms with E-state index in [1.54, 1.807) is 20.2 Å². The first-order valence-corrected chi connectivity index (χ1v) is 4.67. The second-order valence-corrected chi connectivity index (χ2v) is 3.19. The summed E-state index contributed by atoms with van der Waals surface area (Å²) in [6.07, 6.45) is 0. The van der Waals surface area contributed by atoms with Crippen LogP contribution in [0.15, 0.2) is 24.3 Å². The van der Waals surface area contributed by atoms with Crippen LogP contribution >= 0.6 is 0 Å². The van der Waals surface area contributed by atoms with Crippen LogP contribution in [0.3, 0.4) is 0 Å². The van der Waals surface area contributed by atoms with Crippen molar-refractivity contribution in [3.8, 4) is 0 Å². The molecule has 4 nitrogen and oxygen atoms in total. The van der Waals surface area contributed by atoms with Crippen molar-refractivity contribution < 1.29 is 14.6 Å². The highest BCUT2D eigenvalue weighted by Gasteiger charge is 2.19. The van der Waals surface area contributed by atoms with Gasteiger partial charge in [-0.2, -0.15) is 0 Å². The van der Waals surface area contributed by atoms with Crippen molar-refractivity contribution in [2.24, 2.45) is 0 Å². The Morgan fingerprint density at radius 3 is 2.73 bits per heavy atom. The number of carbonyl (C=O) groups is 1. The lowest BCUT2D eigenvalue weighted by molar-refractivity contribution is -0.139. The molecule has 2 N–H and O–H groups in total. The average molecular weight is 209 g/mol. The Labute approximate surface area is 88.9 Å². The molecule has 1 rings (SSSR count). The minimum absolute atomic E-state index is 0.418.